The molecule has 1 rings (SSSR count). The van der Waals surface area contributed by atoms with Crippen molar-refractivity contribution in [1.82, 2.24) is 0 Å². The van der Waals surface area contributed by atoms with E-state index in [-0.39, 0.29) is 24.0 Å². The smallest absolute Gasteiger partial charge is 0.328 e. The van der Waals surface area contributed by atoms with Gasteiger partial charge < -0.3 is 19.5 Å². The number of unbranched alkanes of at least 4 members (excludes halogenated alkanes) is 1. The van der Waals surface area contributed by atoms with E-state index < -0.39 is 16.9 Å². The van der Waals surface area contributed by atoms with Crippen molar-refractivity contribution >= 4 is 23.3 Å². The molecule has 0 aromatic heterocycles. The number of hydrogen-bond acceptors (Lipinski definition) is 8. The van der Waals surface area contributed by atoms with Gasteiger partial charge in [0.1, 0.15) is 17.5 Å². The van der Waals surface area contributed by atoms with Crippen LogP contribution in [0.25, 0.3) is 0 Å². The van der Waals surface area contributed by atoms with Gasteiger partial charge in [0.15, 0.2) is 0 Å². The van der Waals surface area contributed by atoms with Gasteiger partial charge in [-0.25, -0.2) is 4.79 Å². The van der Waals surface area contributed by atoms with E-state index in [0.29, 0.717) is 44.6 Å². The molecule has 1 N–H and O–H groups in total. The van der Waals surface area contributed by atoms with Gasteiger partial charge in [-0.1, -0.05) is 6.92 Å². The summed E-state index contributed by atoms with van der Waals surface area (Å²) in [5.41, 5.74) is 0.0336. The van der Waals surface area contributed by atoms with Gasteiger partial charge in [-0.05, 0) is 39.2 Å². The molecule has 0 fully saturated rings. The maximum atomic E-state index is 12.0. The molecule has 0 radical (unpaired) electrons. The minimum absolute atomic E-state index is 0.155. The lowest BCUT2D eigenvalue weighted by atomic mass is 10.2. The van der Waals surface area contributed by atoms with E-state index in [2.05, 4.69) is 5.32 Å². The van der Waals surface area contributed by atoms with Crippen molar-refractivity contribution in [1.29, 1.82) is 0 Å². The van der Waals surface area contributed by atoms with Gasteiger partial charge in [0.2, 0.25) is 0 Å². The fourth-order valence-electron chi connectivity index (χ4n) is 2.43. The van der Waals surface area contributed by atoms with Crippen molar-refractivity contribution in [2.24, 2.45) is 0 Å². The molecule has 1 unspecified atom stereocenters. The van der Waals surface area contributed by atoms with Crippen molar-refractivity contribution in [3.05, 3.63) is 28.3 Å². The van der Waals surface area contributed by atoms with Gasteiger partial charge in [0.25, 0.3) is 5.69 Å². The average Bonchev–Trinajstić information content (AvgIpc) is 2.66. The Kier molecular flexibility index (Phi) is 10.4. The summed E-state index contributed by atoms with van der Waals surface area (Å²) in [5.74, 6) is -0.276. The number of esters is 2. The first kappa shape index (κ1) is 23.2. The van der Waals surface area contributed by atoms with Crippen molar-refractivity contribution in [3.63, 3.8) is 0 Å². The SMILES string of the molecule is CCOC(=O)CCCCOc1ccc([N+](=O)[O-])c(NC(CC)C(=O)OCC)c1. The van der Waals surface area contributed by atoms with E-state index >= 15 is 0 Å². The fourth-order valence-corrected chi connectivity index (χ4v) is 2.43. The Morgan fingerprint density at radius 2 is 1.86 bits per heavy atom. The number of benzene rings is 1. The second kappa shape index (κ2) is 12.5. The molecule has 1 aromatic carbocycles. The van der Waals surface area contributed by atoms with E-state index in [1.807, 2.05) is 0 Å². The quantitative estimate of drug-likeness (QED) is 0.233. The molecule has 0 saturated heterocycles. The molecule has 1 atom stereocenters. The lowest BCUT2D eigenvalue weighted by Gasteiger charge is -2.17. The Labute approximate surface area is 164 Å². The van der Waals surface area contributed by atoms with E-state index in [4.69, 9.17) is 14.2 Å². The van der Waals surface area contributed by atoms with Crippen LogP contribution < -0.4 is 10.1 Å². The van der Waals surface area contributed by atoms with E-state index in [1.54, 1.807) is 20.8 Å². The predicted octanol–water partition coefficient (Wildman–Crippen LogP) is 3.46. The molecule has 156 valence electrons. The summed E-state index contributed by atoms with van der Waals surface area (Å²) in [7, 11) is 0. The minimum atomic E-state index is -0.696. The third kappa shape index (κ3) is 7.81. The summed E-state index contributed by atoms with van der Waals surface area (Å²) in [6, 6.07) is 3.62. The maximum Gasteiger partial charge on any atom is 0.328 e. The highest BCUT2D eigenvalue weighted by Gasteiger charge is 2.22. The normalized spacial score (nSPS) is 11.4. The Morgan fingerprint density at radius 1 is 1.14 bits per heavy atom. The highest BCUT2D eigenvalue weighted by atomic mass is 16.6. The number of anilines is 1. The van der Waals surface area contributed by atoms with Crippen LogP contribution in [-0.2, 0) is 19.1 Å². The van der Waals surface area contributed by atoms with Crippen molar-refractivity contribution in [3.8, 4) is 5.75 Å². The zero-order valence-electron chi connectivity index (χ0n) is 16.6. The highest BCUT2D eigenvalue weighted by molar-refractivity contribution is 5.81. The third-order valence-electron chi connectivity index (χ3n) is 3.82. The summed E-state index contributed by atoms with van der Waals surface area (Å²) >= 11 is 0. The molecular weight excluding hydrogens is 368 g/mol. The van der Waals surface area contributed by atoms with Crippen LogP contribution >= 0.6 is 0 Å². The third-order valence-corrected chi connectivity index (χ3v) is 3.82. The van der Waals surface area contributed by atoms with Crippen LogP contribution in [0.5, 0.6) is 5.75 Å². The molecule has 9 heteroatoms. The van der Waals surface area contributed by atoms with Crippen molar-refractivity contribution in [2.75, 3.05) is 25.1 Å². The van der Waals surface area contributed by atoms with E-state index in [0.717, 1.165) is 0 Å². The van der Waals surface area contributed by atoms with Crippen LogP contribution in [0, 0.1) is 10.1 Å². The van der Waals surface area contributed by atoms with Crippen LogP contribution in [0.3, 0.4) is 0 Å². The number of rotatable bonds is 13. The average molecular weight is 396 g/mol. The van der Waals surface area contributed by atoms with Crippen LogP contribution in [0.15, 0.2) is 18.2 Å². The molecule has 1 aromatic rings. The molecule has 28 heavy (non-hydrogen) atoms. The molecule has 0 bridgehead atoms. The van der Waals surface area contributed by atoms with Crippen LogP contribution in [0.4, 0.5) is 11.4 Å². The molecule has 0 aliphatic heterocycles. The Hall–Kier alpha value is -2.84. The number of nitro benzene ring substituents is 1. The summed E-state index contributed by atoms with van der Waals surface area (Å²) < 4.78 is 15.5. The Balaban J connectivity index is 2.72. The van der Waals surface area contributed by atoms with Crippen molar-refractivity contribution in [2.45, 2.75) is 52.5 Å². The zero-order chi connectivity index (χ0) is 20.9. The number of ether oxygens (including phenoxy) is 3. The first-order valence-corrected chi connectivity index (χ1v) is 9.42. The lowest BCUT2D eigenvalue weighted by Crippen LogP contribution is -2.31. The number of hydrogen-bond donors (Lipinski definition) is 1. The Bertz CT molecular complexity index is 664. The molecule has 0 aliphatic rings. The first-order chi connectivity index (χ1) is 13.4. The molecule has 0 saturated carbocycles. The van der Waals surface area contributed by atoms with Crippen LogP contribution in [-0.4, -0.2) is 42.7 Å². The molecule has 0 spiro atoms. The topological polar surface area (TPSA) is 117 Å². The van der Waals surface area contributed by atoms with Gasteiger partial charge in [-0.3, -0.25) is 14.9 Å². The molecular formula is C19H28N2O7. The fraction of sp³-hybridized carbons (Fsp3) is 0.579. The largest absolute Gasteiger partial charge is 0.494 e. The molecule has 0 heterocycles. The number of carbonyl (C=O) groups is 2. The predicted molar refractivity (Wildman–Crippen MR) is 103 cm³/mol. The number of nitro groups is 1. The number of carbonyl (C=O) groups excluding carboxylic acids is 2. The molecule has 0 aliphatic carbocycles. The monoisotopic (exact) mass is 396 g/mol. The van der Waals surface area contributed by atoms with Crippen LogP contribution in [0.2, 0.25) is 0 Å². The summed E-state index contributed by atoms with van der Waals surface area (Å²) in [4.78, 5) is 34.0. The summed E-state index contributed by atoms with van der Waals surface area (Å²) in [5, 5.41) is 14.2. The molecule has 0 amide bonds. The van der Waals surface area contributed by atoms with Crippen molar-refractivity contribution < 1.29 is 28.7 Å². The van der Waals surface area contributed by atoms with E-state index in [9.17, 15) is 19.7 Å². The lowest BCUT2D eigenvalue weighted by molar-refractivity contribution is -0.384. The van der Waals surface area contributed by atoms with E-state index in [1.165, 1.54) is 18.2 Å². The number of nitrogens with zero attached hydrogens (tertiary/aromatic N) is 1. The summed E-state index contributed by atoms with van der Waals surface area (Å²) in [6.45, 7) is 6.18. The van der Waals surface area contributed by atoms with Gasteiger partial charge in [0, 0.05) is 18.6 Å². The minimum Gasteiger partial charge on any atom is -0.494 e. The summed E-state index contributed by atoms with van der Waals surface area (Å²) in [6.07, 6.45) is 1.99. The molecule has 9 nitrogen and oxygen atoms in total. The second-order valence-electron chi connectivity index (χ2n) is 5.90. The van der Waals surface area contributed by atoms with Gasteiger partial charge in [-0.2, -0.15) is 0 Å². The Morgan fingerprint density at radius 3 is 2.46 bits per heavy atom. The first-order valence-electron chi connectivity index (χ1n) is 9.42. The standard InChI is InChI=1S/C19H28N2O7/c1-4-15(19(23)27-6-3)20-16-13-14(10-11-17(16)21(24)25)28-12-8-7-9-18(22)26-5-2/h10-11,13,15,20H,4-9,12H2,1-3H3. The van der Waals surface area contributed by atoms with Crippen LogP contribution in [0.1, 0.15) is 46.5 Å². The highest BCUT2D eigenvalue weighted by Crippen LogP contribution is 2.30. The van der Waals surface area contributed by atoms with Gasteiger partial charge in [0.05, 0.1) is 24.7 Å². The van der Waals surface area contributed by atoms with Gasteiger partial charge in [-0.15, -0.1) is 0 Å². The zero-order valence-corrected chi connectivity index (χ0v) is 16.6. The van der Waals surface area contributed by atoms with Gasteiger partial charge >= 0.3 is 11.9 Å². The second-order valence-corrected chi connectivity index (χ2v) is 5.90. The number of nitrogens with one attached hydrogen (secondary N) is 1. The maximum absolute atomic E-state index is 12.0.